The van der Waals surface area contributed by atoms with E-state index in [1.54, 1.807) is 18.2 Å². The lowest BCUT2D eigenvalue weighted by molar-refractivity contribution is -0.385. The highest BCUT2D eigenvalue weighted by Gasteiger charge is 2.45. The van der Waals surface area contributed by atoms with Crippen molar-refractivity contribution in [2.24, 2.45) is 5.92 Å². The Kier molecular flexibility index (Phi) is 5.59. The summed E-state index contributed by atoms with van der Waals surface area (Å²) in [6.07, 6.45) is 0.375. The number of carbonyl (C=O) groups is 1. The van der Waals surface area contributed by atoms with Crippen molar-refractivity contribution in [2.45, 2.75) is 24.4 Å². The van der Waals surface area contributed by atoms with Gasteiger partial charge in [0.05, 0.1) is 16.9 Å². The standard InChI is InChI=1S/C24H22N2O4/c27-24(28)19(15-20-23(25-20)18-13-7-8-14-21(18)26(29)30)22(16-9-3-1-4-10-16)17-11-5-2-6-12-17/h1-14,19-20,22-23,25H,15H2,(H,27,28)/t19?,20-,23-/m1/s1. The Hall–Kier alpha value is -3.51. The summed E-state index contributed by atoms with van der Waals surface area (Å²) in [7, 11) is 0. The lowest BCUT2D eigenvalue weighted by atomic mass is 9.78. The van der Waals surface area contributed by atoms with Crippen LogP contribution in [0.2, 0.25) is 0 Å². The number of hydrogen-bond acceptors (Lipinski definition) is 4. The summed E-state index contributed by atoms with van der Waals surface area (Å²) in [5.74, 6) is -1.85. The SMILES string of the molecule is O=C(O)C(C[C@H]1N[C@@H]1c1ccccc1[N+](=O)[O-])C(c1ccccc1)c1ccccc1. The van der Waals surface area contributed by atoms with Crippen LogP contribution < -0.4 is 5.32 Å². The molecule has 0 aromatic heterocycles. The van der Waals surface area contributed by atoms with E-state index >= 15 is 0 Å². The highest BCUT2D eigenvalue weighted by atomic mass is 16.6. The Morgan fingerprint density at radius 2 is 1.47 bits per heavy atom. The molecule has 3 aromatic rings. The van der Waals surface area contributed by atoms with Crippen LogP contribution in [0.15, 0.2) is 84.9 Å². The summed E-state index contributed by atoms with van der Waals surface area (Å²) in [6, 6.07) is 25.6. The average Bonchev–Trinajstić information content (AvgIpc) is 3.54. The number of nitrogens with zero attached hydrogens (tertiary/aromatic N) is 1. The van der Waals surface area contributed by atoms with Crippen LogP contribution in [0.25, 0.3) is 0 Å². The highest BCUT2D eigenvalue weighted by molar-refractivity contribution is 5.72. The van der Waals surface area contributed by atoms with Crippen molar-refractivity contribution in [3.63, 3.8) is 0 Å². The van der Waals surface area contributed by atoms with Crippen LogP contribution in [-0.4, -0.2) is 22.0 Å². The van der Waals surface area contributed by atoms with Crippen molar-refractivity contribution in [1.29, 1.82) is 0 Å². The maximum absolute atomic E-state index is 12.3. The second-order valence-electron chi connectivity index (χ2n) is 7.55. The lowest BCUT2D eigenvalue weighted by Crippen LogP contribution is -2.25. The quantitative estimate of drug-likeness (QED) is 0.327. The molecule has 0 spiro atoms. The first-order chi connectivity index (χ1) is 14.6. The van der Waals surface area contributed by atoms with Gasteiger partial charge in [0, 0.05) is 23.6 Å². The third-order valence-corrected chi connectivity index (χ3v) is 5.70. The number of para-hydroxylation sites is 1. The Balaban J connectivity index is 1.62. The van der Waals surface area contributed by atoms with Crippen LogP contribution >= 0.6 is 0 Å². The molecule has 0 aliphatic carbocycles. The van der Waals surface area contributed by atoms with Gasteiger partial charge in [0.15, 0.2) is 0 Å². The number of aliphatic carboxylic acids is 1. The molecule has 1 unspecified atom stereocenters. The Morgan fingerprint density at radius 1 is 0.933 bits per heavy atom. The summed E-state index contributed by atoms with van der Waals surface area (Å²) in [5.41, 5.74) is 2.55. The smallest absolute Gasteiger partial charge is 0.307 e. The summed E-state index contributed by atoms with van der Waals surface area (Å²) in [4.78, 5) is 23.3. The molecule has 1 aliphatic rings. The average molecular weight is 402 g/mol. The topological polar surface area (TPSA) is 102 Å². The molecule has 6 heteroatoms. The summed E-state index contributed by atoms with van der Waals surface area (Å²) < 4.78 is 0. The third kappa shape index (κ3) is 4.09. The lowest BCUT2D eigenvalue weighted by Gasteiger charge is -2.25. The predicted molar refractivity (Wildman–Crippen MR) is 113 cm³/mol. The number of carboxylic acid groups (broad SMARTS) is 1. The van der Waals surface area contributed by atoms with Gasteiger partial charge in [-0.1, -0.05) is 78.9 Å². The molecule has 1 fully saturated rings. The summed E-state index contributed by atoms with van der Waals surface area (Å²) in [6.45, 7) is 0. The molecule has 152 valence electrons. The third-order valence-electron chi connectivity index (χ3n) is 5.70. The molecule has 0 saturated carbocycles. The maximum Gasteiger partial charge on any atom is 0.307 e. The van der Waals surface area contributed by atoms with Crippen LogP contribution in [0.3, 0.4) is 0 Å². The van der Waals surface area contributed by atoms with E-state index in [0.717, 1.165) is 11.1 Å². The van der Waals surface area contributed by atoms with E-state index in [4.69, 9.17) is 0 Å². The molecule has 2 N–H and O–H groups in total. The van der Waals surface area contributed by atoms with Crippen molar-refractivity contribution in [2.75, 3.05) is 0 Å². The van der Waals surface area contributed by atoms with Gasteiger partial charge in [-0.25, -0.2) is 0 Å². The molecule has 0 bridgehead atoms. The number of nitrogens with one attached hydrogen (secondary N) is 1. The van der Waals surface area contributed by atoms with Crippen molar-refractivity contribution >= 4 is 11.7 Å². The first-order valence-electron chi connectivity index (χ1n) is 9.88. The predicted octanol–water partition coefficient (Wildman–Crippen LogP) is 4.53. The number of rotatable bonds is 8. The minimum absolute atomic E-state index is 0.0621. The zero-order valence-corrected chi connectivity index (χ0v) is 16.2. The van der Waals surface area contributed by atoms with Crippen molar-refractivity contribution in [1.82, 2.24) is 5.32 Å². The van der Waals surface area contributed by atoms with Gasteiger partial charge in [-0.05, 0) is 17.5 Å². The number of benzene rings is 3. The van der Waals surface area contributed by atoms with Gasteiger partial charge < -0.3 is 10.4 Å². The second kappa shape index (κ2) is 8.47. The van der Waals surface area contributed by atoms with Crippen molar-refractivity contribution < 1.29 is 14.8 Å². The van der Waals surface area contributed by atoms with E-state index in [-0.39, 0.29) is 23.7 Å². The van der Waals surface area contributed by atoms with Crippen LogP contribution in [0.5, 0.6) is 0 Å². The van der Waals surface area contributed by atoms with E-state index in [1.807, 2.05) is 60.7 Å². The van der Waals surface area contributed by atoms with Gasteiger partial charge in [0.2, 0.25) is 0 Å². The second-order valence-corrected chi connectivity index (χ2v) is 7.55. The van der Waals surface area contributed by atoms with Crippen LogP contribution in [0.4, 0.5) is 5.69 Å². The maximum atomic E-state index is 12.3. The summed E-state index contributed by atoms with van der Waals surface area (Å²) in [5, 5.41) is 24.7. The molecule has 1 heterocycles. The molecule has 3 atom stereocenters. The van der Waals surface area contributed by atoms with E-state index < -0.39 is 16.8 Å². The van der Waals surface area contributed by atoms with Crippen LogP contribution in [0, 0.1) is 16.0 Å². The fourth-order valence-corrected chi connectivity index (χ4v) is 4.23. The molecule has 1 aliphatic heterocycles. The largest absolute Gasteiger partial charge is 0.481 e. The van der Waals surface area contributed by atoms with E-state index in [0.29, 0.717) is 12.0 Å². The minimum atomic E-state index is -0.872. The molecule has 3 aromatic carbocycles. The van der Waals surface area contributed by atoms with Crippen LogP contribution in [-0.2, 0) is 4.79 Å². The van der Waals surface area contributed by atoms with Gasteiger partial charge >= 0.3 is 5.97 Å². The van der Waals surface area contributed by atoms with Gasteiger partial charge in [0.1, 0.15) is 0 Å². The molecule has 4 rings (SSSR count). The Labute approximate surface area is 174 Å². The number of hydrogen-bond donors (Lipinski definition) is 2. The molecule has 0 radical (unpaired) electrons. The van der Waals surface area contributed by atoms with E-state index in [2.05, 4.69) is 5.32 Å². The first kappa shape index (κ1) is 19.8. The highest BCUT2D eigenvalue weighted by Crippen LogP contribution is 2.42. The fraction of sp³-hybridized carbons (Fsp3) is 0.208. The van der Waals surface area contributed by atoms with Gasteiger partial charge in [-0.2, -0.15) is 0 Å². The molecule has 30 heavy (non-hydrogen) atoms. The summed E-state index contributed by atoms with van der Waals surface area (Å²) >= 11 is 0. The normalized spacial score (nSPS) is 18.7. The molecular formula is C24H22N2O4. The van der Waals surface area contributed by atoms with Crippen molar-refractivity contribution in [3.8, 4) is 0 Å². The number of nitro benzene ring substituents is 1. The molecule has 6 nitrogen and oxygen atoms in total. The zero-order valence-electron chi connectivity index (χ0n) is 16.2. The van der Waals surface area contributed by atoms with Crippen molar-refractivity contribution in [3.05, 3.63) is 112 Å². The van der Waals surface area contributed by atoms with E-state index in [9.17, 15) is 20.0 Å². The van der Waals surface area contributed by atoms with Gasteiger partial charge in [0.25, 0.3) is 5.69 Å². The molecule has 1 saturated heterocycles. The zero-order chi connectivity index (χ0) is 21.1. The Morgan fingerprint density at radius 3 is 2.00 bits per heavy atom. The van der Waals surface area contributed by atoms with Gasteiger partial charge in [-0.3, -0.25) is 14.9 Å². The molecular weight excluding hydrogens is 380 g/mol. The minimum Gasteiger partial charge on any atom is -0.481 e. The van der Waals surface area contributed by atoms with E-state index in [1.165, 1.54) is 6.07 Å². The van der Waals surface area contributed by atoms with Gasteiger partial charge in [-0.15, -0.1) is 0 Å². The van der Waals surface area contributed by atoms with Crippen LogP contribution in [0.1, 0.15) is 35.1 Å². The molecule has 0 amide bonds. The number of nitro groups is 1. The Bertz CT molecular complexity index is 1000. The fourth-order valence-electron chi connectivity index (χ4n) is 4.23. The number of carboxylic acids is 1. The first-order valence-corrected chi connectivity index (χ1v) is 9.88. The monoisotopic (exact) mass is 402 g/mol.